The number of halogens is 2. The quantitative estimate of drug-likeness (QED) is 0.345. The fraction of sp³-hybridized carbons (Fsp3) is 0.588. The van der Waals surface area contributed by atoms with Crippen LogP contribution in [0.3, 0.4) is 0 Å². The number of hydrogen-bond donors (Lipinski definition) is 1. The van der Waals surface area contributed by atoms with Crippen LogP contribution in [-0.2, 0) is 9.09 Å². The first-order chi connectivity index (χ1) is 12.1. The lowest BCUT2D eigenvalue weighted by molar-refractivity contribution is 0.227. The average Bonchev–Trinajstić information content (AvgIpc) is 2.53. The van der Waals surface area contributed by atoms with Crippen molar-refractivity contribution in [3.05, 3.63) is 28.8 Å². The Morgan fingerprint density at radius 1 is 1.38 bits per heavy atom. The van der Waals surface area contributed by atoms with E-state index in [2.05, 4.69) is 5.32 Å². The maximum Gasteiger partial charge on any atom is 0.357 e. The van der Waals surface area contributed by atoms with Gasteiger partial charge < -0.3 is 9.84 Å². The highest BCUT2D eigenvalue weighted by Gasteiger charge is 2.37. The van der Waals surface area contributed by atoms with Gasteiger partial charge in [0.2, 0.25) is 0 Å². The number of hydrogen-bond acceptors (Lipinski definition) is 4. The number of alkyl halides is 1. The van der Waals surface area contributed by atoms with E-state index >= 15 is 0 Å². The van der Waals surface area contributed by atoms with Gasteiger partial charge in [0.25, 0.3) is 0 Å². The molecule has 1 N–H and O–H groups in total. The van der Waals surface area contributed by atoms with Crippen molar-refractivity contribution in [3.63, 3.8) is 0 Å². The van der Waals surface area contributed by atoms with Gasteiger partial charge in [-0.15, -0.1) is 11.6 Å². The number of benzene rings is 1. The molecule has 2 amide bonds. The largest absolute Gasteiger partial charge is 0.357 e. The van der Waals surface area contributed by atoms with Crippen molar-refractivity contribution in [1.29, 1.82) is 0 Å². The van der Waals surface area contributed by atoms with Crippen LogP contribution in [0.5, 0.6) is 0 Å². The molecule has 26 heavy (non-hydrogen) atoms. The van der Waals surface area contributed by atoms with Crippen LogP contribution in [0.25, 0.3) is 0 Å². The van der Waals surface area contributed by atoms with Crippen molar-refractivity contribution in [2.75, 3.05) is 24.2 Å². The van der Waals surface area contributed by atoms with E-state index in [0.29, 0.717) is 22.4 Å². The molecule has 0 fully saturated rings. The zero-order valence-corrected chi connectivity index (χ0v) is 19.0. The van der Waals surface area contributed by atoms with E-state index in [0.717, 1.165) is 5.56 Å². The summed E-state index contributed by atoms with van der Waals surface area (Å²) in [6.07, 6.45) is 0. The van der Waals surface area contributed by atoms with Crippen molar-refractivity contribution >= 4 is 53.0 Å². The molecule has 0 spiro atoms. The molecule has 0 aromatic heterocycles. The number of amides is 2. The highest BCUT2D eigenvalue weighted by atomic mass is 35.5. The molecular weight excluding hydrogens is 414 g/mol. The molecule has 1 aromatic carbocycles. The van der Waals surface area contributed by atoms with Crippen molar-refractivity contribution < 1.29 is 13.9 Å². The zero-order chi connectivity index (χ0) is 19.9. The molecule has 2 unspecified atom stereocenters. The molecule has 0 bridgehead atoms. The Labute approximate surface area is 170 Å². The predicted molar refractivity (Wildman–Crippen MR) is 114 cm³/mol. The second kappa shape index (κ2) is 10.8. The van der Waals surface area contributed by atoms with E-state index < -0.39 is 12.8 Å². The number of nitrogens with one attached hydrogen (secondary N) is 1. The summed E-state index contributed by atoms with van der Waals surface area (Å²) in [5.41, 5.74) is 1.41. The summed E-state index contributed by atoms with van der Waals surface area (Å²) in [4.78, 5) is 12.9. The fourth-order valence-corrected chi connectivity index (χ4v) is 7.25. The number of rotatable bonds is 9. The molecule has 0 aliphatic heterocycles. The molecule has 0 saturated heterocycles. The van der Waals surface area contributed by atoms with Crippen molar-refractivity contribution in [2.24, 2.45) is 5.92 Å². The van der Waals surface area contributed by atoms with E-state index in [4.69, 9.17) is 27.7 Å². The van der Waals surface area contributed by atoms with Crippen molar-refractivity contribution in [3.8, 4) is 0 Å². The third kappa shape index (κ3) is 7.32. The van der Waals surface area contributed by atoms with Crippen LogP contribution in [0.4, 0.5) is 10.5 Å². The summed E-state index contributed by atoms with van der Waals surface area (Å²) in [5.74, 6) is 0.920. The van der Waals surface area contributed by atoms with E-state index in [1.165, 1.54) is 16.1 Å². The Morgan fingerprint density at radius 2 is 2.04 bits per heavy atom. The molecule has 5 nitrogen and oxygen atoms in total. The lowest BCUT2D eigenvalue weighted by Gasteiger charge is -2.31. The van der Waals surface area contributed by atoms with Crippen LogP contribution < -0.4 is 5.32 Å². The van der Waals surface area contributed by atoms with Gasteiger partial charge >= 0.3 is 12.8 Å². The Hall–Kier alpha value is -0.390. The number of carbonyl (C=O) groups excluding carboxylic acids is 1. The monoisotopic (exact) mass is 440 g/mol. The number of aryl methyl sites for hydroxylation is 1. The molecule has 148 valence electrons. The Kier molecular flexibility index (Phi) is 9.84. The second-order valence-electron chi connectivity index (χ2n) is 6.33. The van der Waals surface area contributed by atoms with Gasteiger partial charge in [0.1, 0.15) is 0 Å². The SMILES string of the molecule is CCOP(=O)(SCC(C)C)N(CC(C)Cl)C(=O)Nc1ccc(Cl)cc1C. The lowest BCUT2D eigenvalue weighted by Crippen LogP contribution is -2.36. The van der Waals surface area contributed by atoms with Gasteiger partial charge in [0.15, 0.2) is 0 Å². The molecule has 1 aromatic rings. The summed E-state index contributed by atoms with van der Waals surface area (Å²) in [6.45, 7) is 6.31. The van der Waals surface area contributed by atoms with Gasteiger partial charge in [-0.2, -0.15) is 0 Å². The highest BCUT2D eigenvalue weighted by Crippen LogP contribution is 2.63. The highest BCUT2D eigenvalue weighted by molar-refractivity contribution is 8.56. The van der Waals surface area contributed by atoms with Crippen LogP contribution in [0, 0.1) is 12.8 Å². The van der Waals surface area contributed by atoms with Gasteiger partial charge in [-0.05, 0) is 61.8 Å². The number of urea groups is 1. The molecule has 9 heteroatoms. The zero-order valence-electron chi connectivity index (χ0n) is 15.8. The van der Waals surface area contributed by atoms with Crippen LogP contribution in [0.2, 0.25) is 5.02 Å². The molecule has 0 aliphatic rings. The molecule has 0 saturated carbocycles. The molecule has 0 radical (unpaired) electrons. The van der Waals surface area contributed by atoms with Crippen LogP contribution in [0.1, 0.15) is 33.3 Å². The van der Waals surface area contributed by atoms with Crippen LogP contribution in [0.15, 0.2) is 18.2 Å². The van der Waals surface area contributed by atoms with E-state index in [1.54, 1.807) is 32.0 Å². The predicted octanol–water partition coefficient (Wildman–Crippen LogP) is 6.64. The maximum absolute atomic E-state index is 13.5. The first kappa shape index (κ1) is 23.6. The standard InChI is InChI=1S/C17H27Cl2N2O3PS/c1-6-24-25(23,26-11-12(2)3)21(10-14(5)18)17(22)20-16-8-7-15(19)9-13(16)4/h7-9,12,14H,6,10-11H2,1-5H3,(H,20,22). The molecular formula is C17H27Cl2N2O3PS. The average molecular weight is 441 g/mol. The maximum atomic E-state index is 13.5. The second-order valence-corrected chi connectivity index (χ2v) is 11.9. The Bertz CT molecular complexity index is 659. The van der Waals surface area contributed by atoms with Crippen molar-refractivity contribution in [2.45, 2.75) is 40.0 Å². The number of carbonyl (C=O) groups is 1. The van der Waals surface area contributed by atoms with E-state index in [-0.39, 0.29) is 18.5 Å². The fourth-order valence-electron chi connectivity index (χ4n) is 2.06. The van der Waals surface area contributed by atoms with Gasteiger partial charge in [-0.25, -0.2) is 9.46 Å². The summed E-state index contributed by atoms with van der Waals surface area (Å²) in [6, 6.07) is 4.65. The molecule has 1 rings (SSSR count). The van der Waals surface area contributed by atoms with Gasteiger partial charge in [0, 0.05) is 28.4 Å². The first-order valence-corrected chi connectivity index (χ1v) is 12.5. The minimum absolute atomic E-state index is 0.113. The Morgan fingerprint density at radius 3 is 2.54 bits per heavy atom. The van der Waals surface area contributed by atoms with Gasteiger partial charge in [-0.3, -0.25) is 4.57 Å². The van der Waals surface area contributed by atoms with Crippen LogP contribution >= 0.6 is 41.3 Å². The third-order valence-corrected chi connectivity index (χ3v) is 8.62. The summed E-state index contributed by atoms with van der Waals surface area (Å²) < 4.78 is 20.2. The van der Waals surface area contributed by atoms with Crippen molar-refractivity contribution in [1.82, 2.24) is 4.67 Å². The normalized spacial score (nSPS) is 14.8. The molecule has 0 aliphatic carbocycles. The molecule has 0 heterocycles. The summed E-state index contributed by atoms with van der Waals surface area (Å²) in [5, 5.41) is 3.01. The smallest absolute Gasteiger partial charge is 0.307 e. The minimum atomic E-state index is -3.43. The third-order valence-electron chi connectivity index (χ3n) is 3.25. The van der Waals surface area contributed by atoms with Gasteiger partial charge in [-0.1, -0.05) is 25.4 Å². The molecule has 2 atom stereocenters. The Balaban J connectivity index is 3.11. The lowest BCUT2D eigenvalue weighted by atomic mass is 10.2. The minimum Gasteiger partial charge on any atom is -0.307 e. The number of anilines is 1. The van der Waals surface area contributed by atoms with E-state index in [1.807, 2.05) is 20.8 Å². The topological polar surface area (TPSA) is 58.6 Å². The van der Waals surface area contributed by atoms with Gasteiger partial charge in [0.05, 0.1) is 6.61 Å². The van der Waals surface area contributed by atoms with Crippen LogP contribution in [-0.4, -0.2) is 35.0 Å². The van der Waals surface area contributed by atoms with E-state index in [9.17, 15) is 9.36 Å². The number of nitrogens with zero attached hydrogens (tertiary/aromatic N) is 1. The first-order valence-electron chi connectivity index (χ1n) is 8.47. The summed E-state index contributed by atoms with van der Waals surface area (Å²) in [7, 11) is 0. The summed E-state index contributed by atoms with van der Waals surface area (Å²) >= 11 is 13.2.